The summed E-state index contributed by atoms with van der Waals surface area (Å²) < 4.78 is 59.5. The van der Waals surface area contributed by atoms with Crippen molar-refractivity contribution in [2.45, 2.75) is 50.9 Å². The van der Waals surface area contributed by atoms with Gasteiger partial charge in [-0.25, -0.2) is 22.4 Å². The van der Waals surface area contributed by atoms with Crippen LogP contribution in [0.15, 0.2) is 66.9 Å². The molecule has 9 nitrogen and oxygen atoms in total. The number of aromatic nitrogens is 1. The molecular formula is C35H32ClF4N5O4. The van der Waals surface area contributed by atoms with E-state index in [-0.39, 0.29) is 67.2 Å². The van der Waals surface area contributed by atoms with Gasteiger partial charge in [-0.3, -0.25) is 14.4 Å². The number of anilines is 2. The number of amides is 4. The molecule has 3 heterocycles. The summed E-state index contributed by atoms with van der Waals surface area (Å²) >= 11 is 6.25. The Bertz CT molecular complexity index is 1970. The zero-order valence-corrected chi connectivity index (χ0v) is 27.1. The van der Waals surface area contributed by atoms with Crippen molar-refractivity contribution in [1.29, 1.82) is 0 Å². The molecule has 0 bridgehead atoms. The van der Waals surface area contributed by atoms with Crippen LogP contribution >= 0.6 is 11.6 Å². The highest BCUT2D eigenvalue weighted by Gasteiger charge is 2.40. The largest absolute Gasteiger partial charge is 0.337 e. The molecule has 14 heteroatoms. The molecule has 0 saturated carbocycles. The van der Waals surface area contributed by atoms with Crippen LogP contribution in [-0.4, -0.2) is 75.8 Å². The number of alkyl halides is 3. The van der Waals surface area contributed by atoms with E-state index in [0.717, 1.165) is 9.80 Å². The van der Waals surface area contributed by atoms with Crippen LogP contribution in [0.1, 0.15) is 36.5 Å². The van der Waals surface area contributed by atoms with Crippen LogP contribution in [0, 0.1) is 5.82 Å². The van der Waals surface area contributed by atoms with Crippen molar-refractivity contribution in [1.82, 2.24) is 14.4 Å². The van der Waals surface area contributed by atoms with Crippen molar-refractivity contribution in [2.24, 2.45) is 0 Å². The molecule has 3 aromatic carbocycles. The number of piperidine rings is 1. The van der Waals surface area contributed by atoms with Crippen LogP contribution in [0.25, 0.3) is 22.0 Å². The average Bonchev–Trinajstić information content (AvgIpc) is 3.62. The molecule has 256 valence electrons. The number of likely N-dealkylation sites (tertiary alicyclic amines) is 2. The lowest BCUT2D eigenvalue weighted by molar-refractivity contribution is -0.137. The first kappa shape index (κ1) is 34.0. The van der Waals surface area contributed by atoms with Crippen molar-refractivity contribution in [3.05, 3.63) is 83.3 Å². The Balaban J connectivity index is 1.19. The van der Waals surface area contributed by atoms with Crippen LogP contribution in [0.5, 0.6) is 0 Å². The van der Waals surface area contributed by atoms with Gasteiger partial charge in [0.25, 0.3) is 5.92 Å². The standard InChI is InChI=1S/C35H32ClF4N5O4/c1-20(46)26-17-44(29-11-10-22(15-25(26)29)41-34(49)43-13-5-12-35(39,40)19-43)18-31(47)45-16-21(37)14-30(45)33(48)42-28-9-4-7-24(32(28)38)23-6-2-3-8-27(23)36/h2-4,6-11,15,17,21,30H,5,12-14,16,18-19H2,1H3,(H,41,49)(H,42,48). The van der Waals surface area contributed by atoms with Gasteiger partial charge in [0.05, 0.1) is 18.8 Å². The predicted octanol–water partition coefficient (Wildman–Crippen LogP) is 7.14. The maximum atomic E-state index is 15.5. The molecule has 2 aliphatic heterocycles. The molecule has 49 heavy (non-hydrogen) atoms. The van der Waals surface area contributed by atoms with Crippen LogP contribution in [-0.2, 0) is 16.1 Å². The highest BCUT2D eigenvalue weighted by Crippen LogP contribution is 2.34. The fourth-order valence-corrected chi connectivity index (χ4v) is 6.64. The van der Waals surface area contributed by atoms with Crippen molar-refractivity contribution in [3.8, 4) is 11.1 Å². The zero-order valence-electron chi connectivity index (χ0n) is 26.3. The van der Waals surface area contributed by atoms with Crippen molar-refractivity contribution < 1.29 is 36.7 Å². The van der Waals surface area contributed by atoms with E-state index < -0.39 is 48.3 Å². The van der Waals surface area contributed by atoms with E-state index in [4.69, 9.17) is 11.6 Å². The fraction of sp³-hybridized carbons (Fsp3) is 0.314. The summed E-state index contributed by atoms with van der Waals surface area (Å²) in [5.41, 5.74) is 1.36. The quantitative estimate of drug-likeness (QED) is 0.158. The van der Waals surface area contributed by atoms with Crippen LogP contribution in [0.4, 0.5) is 33.7 Å². The summed E-state index contributed by atoms with van der Waals surface area (Å²) in [6.07, 6.45) is -0.459. The molecule has 6 rings (SSSR count). The lowest BCUT2D eigenvalue weighted by atomic mass is 10.0. The number of halogens is 5. The fourth-order valence-electron chi connectivity index (χ4n) is 6.41. The summed E-state index contributed by atoms with van der Waals surface area (Å²) in [7, 11) is 0. The van der Waals surface area contributed by atoms with E-state index in [1.54, 1.807) is 36.4 Å². The lowest BCUT2D eigenvalue weighted by Gasteiger charge is -2.32. The Morgan fingerprint density at radius 1 is 1.00 bits per heavy atom. The minimum Gasteiger partial charge on any atom is -0.337 e. The number of carbonyl (C=O) groups is 4. The number of benzene rings is 3. The summed E-state index contributed by atoms with van der Waals surface area (Å²) in [6.45, 7) is 0.0998. The molecule has 4 amide bonds. The van der Waals surface area contributed by atoms with Crippen LogP contribution < -0.4 is 10.6 Å². The van der Waals surface area contributed by atoms with E-state index in [1.165, 1.54) is 42.0 Å². The summed E-state index contributed by atoms with van der Waals surface area (Å²) in [6, 6.07) is 13.7. The normalized spacial score (nSPS) is 18.8. The predicted molar refractivity (Wildman–Crippen MR) is 177 cm³/mol. The van der Waals surface area contributed by atoms with E-state index in [2.05, 4.69) is 10.6 Å². The Morgan fingerprint density at radius 3 is 2.49 bits per heavy atom. The molecule has 2 saturated heterocycles. The van der Waals surface area contributed by atoms with Gasteiger partial charge in [-0.1, -0.05) is 41.9 Å². The van der Waals surface area contributed by atoms with Gasteiger partial charge >= 0.3 is 6.03 Å². The second-order valence-corrected chi connectivity index (χ2v) is 12.7. The Morgan fingerprint density at radius 2 is 1.76 bits per heavy atom. The number of hydrogen-bond acceptors (Lipinski definition) is 4. The van der Waals surface area contributed by atoms with Gasteiger partial charge in [-0.05, 0) is 43.7 Å². The first-order valence-corrected chi connectivity index (χ1v) is 16.0. The van der Waals surface area contributed by atoms with E-state index in [9.17, 15) is 32.3 Å². The van der Waals surface area contributed by atoms with E-state index in [0.29, 0.717) is 21.5 Å². The number of ketones is 1. The van der Waals surface area contributed by atoms with Gasteiger partial charge in [-0.15, -0.1) is 0 Å². The zero-order chi connectivity index (χ0) is 35.0. The third-order valence-electron chi connectivity index (χ3n) is 8.79. The average molecular weight is 698 g/mol. The van der Waals surface area contributed by atoms with E-state index >= 15 is 4.39 Å². The number of urea groups is 1. The third kappa shape index (κ3) is 7.12. The van der Waals surface area contributed by atoms with Crippen molar-refractivity contribution >= 4 is 57.5 Å². The Kier molecular flexibility index (Phi) is 9.39. The van der Waals surface area contributed by atoms with Crippen LogP contribution in [0.3, 0.4) is 0 Å². The lowest BCUT2D eigenvalue weighted by Crippen LogP contribution is -2.47. The van der Waals surface area contributed by atoms with Gasteiger partial charge in [0, 0.05) is 63.9 Å². The number of hydrogen-bond donors (Lipinski definition) is 2. The Hall–Kier alpha value is -4.91. The monoisotopic (exact) mass is 697 g/mol. The first-order valence-electron chi connectivity index (χ1n) is 15.7. The van der Waals surface area contributed by atoms with Crippen molar-refractivity contribution in [2.75, 3.05) is 30.3 Å². The number of Topliss-reactive ketones (excluding diaryl/α,β-unsaturated/α-hetero) is 1. The van der Waals surface area contributed by atoms with Gasteiger partial charge in [0.2, 0.25) is 11.8 Å². The molecule has 2 atom stereocenters. The van der Waals surface area contributed by atoms with Gasteiger partial charge in [0.1, 0.15) is 18.8 Å². The van der Waals surface area contributed by atoms with Gasteiger partial charge in [0.15, 0.2) is 11.6 Å². The molecule has 0 spiro atoms. The molecule has 0 aliphatic carbocycles. The number of nitrogens with one attached hydrogen (secondary N) is 2. The number of rotatable bonds is 7. The molecule has 2 fully saturated rings. The molecule has 4 aromatic rings. The molecule has 2 unspecified atom stereocenters. The number of fused-ring (bicyclic) bond motifs is 1. The number of carbonyl (C=O) groups excluding carboxylic acids is 4. The minimum absolute atomic E-state index is 0.155. The molecule has 2 aliphatic rings. The summed E-state index contributed by atoms with van der Waals surface area (Å²) in [4.78, 5) is 54.4. The van der Waals surface area contributed by atoms with Gasteiger partial charge < -0.3 is 25.0 Å². The molecule has 0 radical (unpaired) electrons. The summed E-state index contributed by atoms with van der Waals surface area (Å²) in [5.74, 6) is -5.42. The smallest absolute Gasteiger partial charge is 0.322 e. The molecular weight excluding hydrogens is 666 g/mol. The molecule has 2 N–H and O–H groups in total. The maximum Gasteiger partial charge on any atom is 0.322 e. The van der Waals surface area contributed by atoms with Gasteiger partial charge in [-0.2, -0.15) is 0 Å². The Labute approximate surface area is 283 Å². The highest BCUT2D eigenvalue weighted by molar-refractivity contribution is 6.33. The minimum atomic E-state index is -2.97. The highest BCUT2D eigenvalue weighted by atomic mass is 35.5. The summed E-state index contributed by atoms with van der Waals surface area (Å²) in [5, 5.41) is 5.82. The SMILES string of the molecule is CC(=O)c1cn(CC(=O)N2CC(F)CC2C(=O)Nc2cccc(-c3ccccc3Cl)c2F)c2ccc(NC(=O)N3CCCC(F)(F)C3)cc12. The maximum absolute atomic E-state index is 15.5. The topological polar surface area (TPSA) is 104 Å². The van der Waals surface area contributed by atoms with Crippen molar-refractivity contribution in [3.63, 3.8) is 0 Å². The third-order valence-corrected chi connectivity index (χ3v) is 9.12. The van der Waals surface area contributed by atoms with Crippen LogP contribution in [0.2, 0.25) is 5.02 Å². The first-order chi connectivity index (χ1) is 23.3. The van der Waals surface area contributed by atoms with E-state index in [1.807, 2.05) is 0 Å². The molecule has 1 aromatic heterocycles. The second-order valence-electron chi connectivity index (χ2n) is 12.3. The number of nitrogens with zero attached hydrogens (tertiary/aromatic N) is 3. The second kappa shape index (κ2) is 13.5.